The van der Waals surface area contributed by atoms with Gasteiger partial charge in [0.15, 0.2) is 0 Å². The van der Waals surface area contributed by atoms with Crippen LogP contribution in [0.5, 0.6) is 11.5 Å². The molecule has 18 heavy (non-hydrogen) atoms. The average molecular weight is 265 g/mol. The quantitative estimate of drug-likeness (QED) is 0.711. The minimum absolute atomic E-state index is 0.262. The molecule has 0 amide bonds. The van der Waals surface area contributed by atoms with Crippen LogP contribution in [0.4, 0.5) is 4.39 Å². The summed E-state index contributed by atoms with van der Waals surface area (Å²) in [4.78, 5) is 0. The van der Waals surface area contributed by atoms with Crippen LogP contribution in [-0.2, 0) is 5.88 Å². The van der Waals surface area contributed by atoms with E-state index >= 15 is 0 Å². The minimum Gasteiger partial charge on any atom is -0.457 e. The Bertz CT molecular complexity index is 566. The van der Waals surface area contributed by atoms with Gasteiger partial charge >= 0.3 is 0 Å². The predicted octanol–water partition coefficient (Wildman–Crippen LogP) is 4.97. The molecule has 0 radical (unpaired) electrons. The molecule has 94 valence electrons. The fourth-order valence-electron chi connectivity index (χ4n) is 1.67. The van der Waals surface area contributed by atoms with Crippen molar-refractivity contribution < 1.29 is 9.13 Å². The third-order valence-electron chi connectivity index (χ3n) is 2.76. The van der Waals surface area contributed by atoms with Crippen LogP contribution in [0.1, 0.15) is 16.7 Å². The summed E-state index contributed by atoms with van der Waals surface area (Å²) in [6.45, 7) is 3.66. The van der Waals surface area contributed by atoms with Crippen LogP contribution in [0.25, 0.3) is 0 Å². The first-order valence-electron chi connectivity index (χ1n) is 5.69. The highest BCUT2D eigenvalue weighted by molar-refractivity contribution is 6.17. The molecule has 0 atom stereocenters. The Labute approximate surface area is 111 Å². The lowest BCUT2D eigenvalue weighted by molar-refractivity contribution is 0.472. The highest BCUT2D eigenvalue weighted by Gasteiger charge is 2.05. The van der Waals surface area contributed by atoms with Crippen molar-refractivity contribution in [3.63, 3.8) is 0 Å². The zero-order valence-corrected chi connectivity index (χ0v) is 11.1. The SMILES string of the molecule is Cc1ccc(Oc2ccc(CCl)cc2C)cc1F. The molecule has 0 aliphatic rings. The van der Waals surface area contributed by atoms with E-state index in [2.05, 4.69) is 0 Å². The van der Waals surface area contributed by atoms with Gasteiger partial charge in [0, 0.05) is 11.9 Å². The van der Waals surface area contributed by atoms with Crippen molar-refractivity contribution in [3.05, 3.63) is 58.9 Å². The molecule has 0 aliphatic heterocycles. The van der Waals surface area contributed by atoms with E-state index in [1.165, 1.54) is 6.07 Å². The first-order chi connectivity index (χ1) is 8.60. The van der Waals surface area contributed by atoms with Gasteiger partial charge in [-0.15, -0.1) is 11.6 Å². The normalized spacial score (nSPS) is 10.4. The van der Waals surface area contributed by atoms with Crippen molar-refractivity contribution in [2.75, 3.05) is 0 Å². The standard InChI is InChI=1S/C15H14ClFO/c1-10-3-5-13(8-14(10)17)18-15-6-4-12(9-16)7-11(15)2/h3-8H,9H2,1-2H3. The summed E-state index contributed by atoms with van der Waals surface area (Å²) in [6.07, 6.45) is 0. The van der Waals surface area contributed by atoms with Gasteiger partial charge in [-0.05, 0) is 42.7 Å². The third kappa shape index (κ3) is 2.82. The van der Waals surface area contributed by atoms with Crippen LogP contribution in [-0.4, -0.2) is 0 Å². The first kappa shape index (κ1) is 12.9. The Morgan fingerprint density at radius 1 is 1.06 bits per heavy atom. The van der Waals surface area contributed by atoms with E-state index in [9.17, 15) is 4.39 Å². The largest absolute Gasteiger partial charge is 0.457 e. The maximum Gasteiger partial charge on any atom is 0.130 e. The van der Waals surface area contributed by atoms with E-state index in [0.29, 0.717) is 22.9 Å². The van der Waals surface area contributed by atoms with Crippen LogP contribution in [0.15, 0.2) is 36.4 Å². The van der Waals surface area contributed by atoms with Crippen LogP contribution in [0, 0.1) is 19.7 Å². The Morgan fingerprint density at radius 3 is 2.44 bits per heavy atom. The predicted molar refractivity (Wildman–Crippen MR) is 71.9 cm³/mol. The monoisotopic (exact) mass is 264 g/mol. The Hall–Kier alpha value is -1.54. The van der Waals surface area contributed by atoms with E-state index in [0.717, 1.165) is 11.1 Å². The topological polar surface area (TPSA) is 9.23 Å². The highest BCUT2D eigenvalue weighted by Crippen LogP contribution is 2.27. The third-order valence-corrected chi connectivity index (χ3v) is 3.07. The maximum absolute atomic E-state index is 13.4. The van der Waals surface area contributed by atoms with Crippen LogP contribution >= 0.6 is 11.6 Å². The molecule has 0 unspecified atom stereocenters. The molecule has 0 spiro atoms. The molecule has 0 saturated heterocycles. The Kier molecular flexibility index (Phi) is 3.87. The smallest absolute Gasteiger partial charge is 0.130 e. The molecule has 2 rings (SSSR count). The van der Waals surface area contributed by atoms with Crippen molar-refractivity contribution in [2.45, 2.75) is 19.7 Å². The lowest BCUT2D eigenvalue weighted by Crippen LogP contribution is -1.91. The summed E-state index contributed by atoms with van der Waals surface area (Å²) in [5, 5.41) is 0. The number of rotatable bonds is 3. The van der Waals surface area contributed by atoms with E-state index in [-0.39, 0.29) is 5.82 Å². The molecular formula is C15H14ClFO. The second kappa shape index (κ2) is 5.40. The Balaban J connectivity index is 2.25. The van der Waals surface area contributed by atoms with Gasteiger partial charge in [-0.25, -0.2) is 4.39 Å². The van der Waals surface area contributed by atoms with E-state index in [4.69, 9.17) is 16.3 Å². The highest BCUT2D eigenvalue weighted by atomic mass is 35.5. The van der Waals surface area contributed by atoms with Gasteiger partial charge in [0.05, 0.1) is 0 Å². The lowest BCUT2D eigenvalue weighted by atomic mass is 10.1. The summed E-state index contributed by atoms with van der Waals surface area (Å²) in [5.41, 5.74) is 2.63. The number of alkyl halides is 1. The summed E-state index contributed by atoms with van der Waals surface area (Å²) in [7, 11) is 0. The minimum atomic E-state index is -0.262. The lowest BCUT2D eigenvalue weighted by Gasteiger charge is -2.10. The van der Waals surface area contributed by atoms with Gasteiger partial charge in [-0.1, -0.05) is 18.2 Å². The first-order valence-corrected chi connectivity index (χ1v) is 6.23. The zero-order valence-electron chi connectivity index (χ0n) is 10.3. The molecule has 0 heterocycles. The second-order valence-electron chi connectivity index (χ2n) is 4.25. The molecule has 0 N–H and O–H groups in total. The van der Waals surface area contributed by atoms with Gasteiger partial charge in [-0.3, -0.25) is 0 Å². The fourth-order valence-corrected chi connectivity index (χ4v) is 1.84. The molecule has 2 aromatic carbocycles. The summed E-state index contributed by atoms with van der Waals surface area (Å²) >= 11 is 5.76. The average Bonchev–Trinajstić information content (AvgIpc) is 2.36. The van der Waals surface area contributed by atoms with E-state index in [1.54, 1.807) is 19.1 Å². The molecule has 0 bridgehead atoms. The summed E-state index contributed by atoms with van der Waals surface area (Å²) in [6, 6.07) is 10.6. The number of hydrogen-bond donors (Lipinski definition) is 0. The second-order valence-corrected chi connectivity index (χ2v) is 4.51. The van der Waals surface area contributed by atoms with Crippen molar-refractivity contribution in [1.82, 2.24) is 0 Å². The van der Waals surface area contributed by atoms with Crippen molar-refractivity contribution in [1.29, 1.82) is 0 Å². The molecule has 0 aliphatic carbocycles. The van der Waals surface area contributed by atoms with Gasteiger partial charge in [-0.2, -0.15) is 0 Å². The van der Waals surface area contributed by atoms with Gasteiger partial charge in [0.2, 0.25) is 0 Å². The van der Waals surface area contributed by atoms with Gasteiger partial charge < -0.3 is 4.74 Å². The van der Waals surface area contributed by atoms with Gasteiger partial charge in [0.1, 0.15) is 17.3 Å². The molecular weight excluding hydrogens is 251 g/mol. The van der Waals surface area contributed by atoms with Crippen molar-refractivity contribution in [2.24, 2.45) is 0 Å². The number of ether oxygens (including phenoxy) is 1. The van der Waals surface area contributed by atoms with Gasteiger partial charge in [0.25, 0.3) is 0 Å². The molecule has 1 nitrogen and oxygen atoms in total. The van der Waals surface area contributed by atoms with Crippen molar-refractivity contribution in [3.8, 4) is 11.5 Å². The zero-order chi connectivity index (χ0) is 13.1. The van der Waals surface area contributed by atoms with Crippen LogP contribution < -0.4 is 4.74 Å². The van der Waals surface area contributed by atoms with E-state index < -0.39 is 0 Å². The Morgan fingerprint density at radius 2 is 1.83 bits per heavy atom. The molecule has 0 fully saturated rings. The van der Waals surface area contributed by atoms with Crippen molar-refractivity contribution >= 4 is 11.6 Å². The molecule has 2 aromatic rings. The maximum atomic E-state index is 13.4. The number of benzene rings is 2. The molecule has 0 aromatic heterocycles. The van der Waals surface area contributed by atoms with Crippen LogP contribution in [0.3, 0.4) is 0 Å². The number of aryl methyl sites for hydroxylation is 2. The number of hydrogen-bond acceptors (Lipinski definition) is 1. The molecule has 3 heteroatoms. The summed E-state index contributed by atoms with van der Waals surface area (Å²) < 4.78 is 19.1. The molecule has 0 saturated carbocycles. The fraction of sp³-hybridized carbons (Fsp3) is 0.200. The summed E-state index contributed by atoms with van der Waals surface area (Å²) in [5.74, 6) is 1.43. The number of halogens is 2. The van der Waals surface area contributed by atoms with E-state index in [1.807, 2.05) is 25.1 Å². The van der Waals surface area contributed by atoms with Crippen LogP contribution in [0.2, 0.25) is 0 Å².